The monoisotopic (exact) mass is 496 g/mol. The molecular formula is C22H28N2O9S. The van der Waals surface area contributed by atoms with Gasteiger partial charge < -0.3 is 34.8 Å². The largest absolute Gasteiger partial charge is 0.506 e. The number of benzene rings is 2. The molecule has 0 saturated heterocycles. The van der Waals surface area contributed by atoms with Gasteiger partial charge in [0.15, 0.2) is 11.5 Å². The smallest absolute Gasteiger partial charge is 0.351 e. The zero-order chi connectivity index (χ0) is 24.9. The van der Waals surface area contributed by atoms with Gasteiger partial charge in [0.25, 0.3) is 0 Å². The second-order valence-electron chi connectivity index (χ2n) is 8.17. The summed E-state index contributed by atoms with van der Waals surface area (Å²) in [6, 6.07) is 10.5. The fourth-order valence-electron chi connectivity index (χ4n) is 3.42. The summed E-state index contributed by atoms with van der Waals surface area (Å²) >= 11 is 0. The van der Waals surface area contributed by atoms with Gasteiger partial charge in [-0.25, -0.2) is 13.2 Å². The lowest BCUT2D eigenvalue weighted by Gasteiger charge is -2.36. The first-order valence-electron chi connectivity index (χ1n) is 10.5. The molecular weight excluding hydrogens is 468 g/mol. The Morgan fingerprint density at radius 2 is 1.94 bits per heavy atom. The number of aliphatic hydroxyl groups excluding tert-OH is 1. The van der Waals surface area contributed by atoms with Crippen molar-refractivity contribution in [2.45, 2.75) is 31.1 Å². The van der Waals surface area contributed by atoms with Crippen LogP contribution in [0.25, 0.3) is 0 Å². The van der Waals surface area contributed by atoms with Gasteiger partial charge in [0.05, 0.1) is 11.9 Å². The van der Waals surface area contributed by atoms with Gasteiger partial charge in [-0.2, -0.15) is 0 Å². The van der Waals surface area contributed by atoms with Crippen LogP contribution in [0, 0.1) is 0 Å². The van der Waals surface area contributed by atoms with E-state index in [0.717, 1.165) is 6.26 Å². The van der Waals surface area contributed by atoms with Crippen LogP contribution in [-0.4, -0.2) is 73.5 Å². The minimum Gasteiger partial charge on any atom is -0.506 e. The van der Waals surface area contributed by atoms with E-state index in [4.69, 9.17) is 14.2 Å². The van der Waals surface area contributed by atoms with Crippen LogP contribution in [0.5, 0.6) is 23.0 Å². The minimum atomic E-state index is -3.59. The zero-order valence-electron chi connectivity index (χ0n) is 18.7. The van der Waals surface area contributed by atoms with Gasteiger partial charge in [-0.05, 0) is 31.2 Å². The van der Waals surface area contributed by atoms with Gasteiger partial charge in [-0.3, -0.25) is 4.72 Å². The van der Waals surface area contributed by atoms with Crippen molar-refractivity contribution in [3.05, 3.63) is 42.5 Å². The first kappa shape index (κ1) is 25.4. The third-order valence-electron chi connectivity index (χ3n) is 5.05. The summed E-state index contributed by atoms with van der Waals surface area (Å²) in [5.74, 6) is -0.331. The number of ether oxygens (including phenoxy) is 3. The molecule has 0 bridgehead atoms. The lowest BCUT2D eigenvalue weighted by Crippen LogP contribution is -2.55. The number of aliphatic carboxylic acids is 1. The Morgan fingerprint density at radius 1 is 1.24 bits per heavy atom. The molecule has 34 heavy (non-hydrogen) atoms. The summed E-state index contributed by atoms with van der Waals surface area (Å²) in [7, 11) is -3.59. The number of anilines is 1. The van der Waals surface area contributed by atoms with E-state index >= 15 is 0 Å². The summed E-state index contributed by atoms with van der Waals surface area (Å²) in [4.78, 5) is 12.0. The number of aromatic hydroxyl groups is 1. The third kappa shape index (κ3) is 6.65. The number of aliphatic hydroxyl groups is 1. The van der Waals surface area contributed by atoms with Gasteiger partial charge in [-0.15, -0.1) is 0 Å². The van der Waals surface area contributed by atoms with Crippen molar-refractivity contribution in [2.24, 2.45) is 0 Å². The maximum absolute atomic E-state index is 12.0. The van der Waals surface area contributed by atoms with Crippen molar-refractivity contribution in [3.63, 3.8) is 0 Å². The van der Waals surface area contributed by atoms with Crippen LogP contribution in [-0.2, 0) is 14.8 Å². The maximum Gasteiger partial charge on any atom is 0.351 e. The highest BCUT2D eigenvalue weighted by atomic mass is 32.2. The minimum absolute atomic E-state index is 0.0449. The molecule has 0 radical (unpaired) electrons. The number of hydrogen-bond donors (Lipinski definition) is 5. The Bertz CT molecular complexity index is 1130. The van der Waals surface area contributed by atoms with Crippen molar-refractivity contribution in [2.75, 3.05) is 30.7 Å². The Labute approximate surface area is 197 Å². The van der Waals surface area contributed by atoms with Crippen LogP contribution < -0.4 is 24.2 Å². The standard InChI is InChI=1S/C22H28N2O9S/c1-14(10-22(21(27)28)13-32-19-5-3-4-6-20(19)33-22)23-11-15(25)12-31-16-7-8-18(26)17(9-16)24-34(2,29)30/h3-9,14-15,23-26H,10-13H2,1-2H3,(H,27,28)/t14-,15+,22-/m1/s1. The second kappa shape index (κ2) is 10.4. The van der Waals surface area contributed by atoms with Gasteiger partial charge in [0, 0.05) is 25.1 Å². The molecule has 1 aliphatic rings. The highest BCUT2D eigenvalue weighted by molar-refractivity contribution is 7.92. The van der Waals surface area contributed by atoms with Crippen LogP contribution >= 0.6 is 0 Å². The molecule has 2 aromatic rings. The SMILES string of the molecule is C[C@H](C[C@]1(C(=O)O)COc2ccccc2O1)NC[C@H](O)COc1ccc(O)c(NS(C)(=O)=O)c1. The summed E-state index contributed by atoms with van der Waals surface area (Å²) in [5, 5.41) is 32.9. The van der Waals surface area contributed by atoms with Crippen molar-refractivity contribution in [1.29, 1.82) is 0 Å². The molecule has 3 atom stereocenters. The Balaban J connectivity index is 1.51. The first-order chi connectivity index (χ1) is 16.0. The number of hydrogen-bond acceptors (Lipinski definition) is 9. The van der Waals surface area contributed by atoms with Crippen molar-refractivity contribution >= 4 is 21.7 Å². The zero-order valence-corrected chi connectivity index (χ0v) is 19.5. The van der Waals surface area contributed by atoms with Crippen LogP contribution in [0.2, 0.25) is 0 Å². The quantitative estimate of drug-likeness (QED) is 0.285. The second-order valence-corrected chi connectivity index (χ2v) is 9.92. The summed E-state index contributed by atoms with van der Waals surface area (Å²) in [5.41, 5.74) is -1.62. The third-order valence-corrected chi connectivity index (χ3v) is 5.64. The van der Waals surface area contributed by atoms with Gasteiger partial charge >= 0.3 is 5.97 Å². The van der Waals surface area contributed by atoms with Crippen molar-refractivity contribution < 1.29 is 42.7 Å². The average Bonchev–Trinajstić information content (AvgIpc) is 2.77. The van der Waals surface area contributed by atoms with E-state index in [2.05, 4.69) is 10.0 Å². The lowest BCUT2D eigenvalue weighted by atomic mass is 9.94. The number of nitrogens with one attached hydrogen (secondary N) is 2. The van der Waals surface area contributed by atoms with Crippen LogP contribution in [0.1, 0.15) is 13.3 Å². The molecule has 1 heterocycles. The fraction of sp³-hybridized carbons (Fsp3) is 0.409. The van der Waals surface area contributed by atoms with E-state index in [0.29, 0.717) is 11.5 Å². The van der Waals surface area contributed by atoms with E-state index in [1.54, 1.807) is 31.2 Å². The molecule has 2 aromatic carbocycles. The molecule has 0 aliphatic carbocycles. The topological polar surface area (TPSA) is 164 Å². The van der Waals surface area contributed by atoms with Crippen LogP contribution in [0.15, 0.2) is 42.5 Å². The average molecular weight is 497 g/mol. The van der Waals surface area contributed by atoms with Crippen molar-refractivity contribution in [3.8, 4) is 23.0 Å². The fourth-order valence-corrected chi connectivity index (χ4v) is 3.99. The molecule has 3 rings (SSSR count). The number of carboxylic acid groups (broad SMARTS) is 1. The molecule has 11 nitrogen and oxygen atoms in total. The van der Waals surface area contributed by atoms with Gasteiger partial charge in [0.2, 0.25) is 15.6 Å². The Hall–Kier alpha value is -3.22. The molecule has 186 valence electrons. The van der Waals surface area contributed by atoms with Crippen LogP contribution in [0.3, 0.4) is 0 Å². The molecule has 0 aromatic heterocycles. The molecule has 12 heteroatoms. The Kier molecular flexibility index (Phi) is 7.75. The molecule has 0 unspecified atom stereocenters. The molecule has 0 spiro atoms. The van der Waals surface area contributed by atoms with E-state index in [9.17, 15) is 28.5 Å². The van der Waals surface area contributed by atoms with E-state index < -0.39 is 27.7 Å². The summed E-state index contributed by atoms with van der Waals surface area (Å²) in [6.45, 7) is 1.59. The number of fused-ring (bicyclic) bond motifs is 1. The predicted octanol–water partition coefficient (Wildman–Crippen LogP) is 1.17. The van der Waals surface area contributed by atoms with E-state index in [1.807, 2.05) is 0 Å². The lowest BCUT2D eigenvalue weighted by molar-refractivity contribution is -0.162. The summed E-state index contributed by atoms with van der Waals surface area (Å²) < 4.78 is 41.8. The molecule has 0 fully saturated rings. The normalized spacial score (nSPS) is 19.1. The highest BCUT2D eigenvalue weighted by Gasteiger charge is 2.46. The van der Waals surface area contributed by atoms with E-state index in [1.165, 1.54) is 18.2 Å². The highest BCUT2D eigenvalue weighted by Crippen LogP contribution is 2.37. The number of para-hydroxylation sites is 2. The van der Waals surface area contributed by atoms with Gasteiger partial charge in [-0.1, -0.05) is 12.1 Å². The van der Waals surface area contributed by atoms with E-state index in [-0.39, 0.29) is 49.4 Å². The molecule has 1 aliphatic heterocycles. The molecule has 5 N–H and O–H groups in total. The predicted molar refractivity (Wildman–Crippen MR) is 123 cm³/mol. The molecule has 0 amide bonds. The summed E-state index contributed by atoms with van der Waals surface area (Å²) in [6.07, 6.45) is 0.0874. The van der Waals surface area contributed by atoms with Gasteiger partial charge in [0.1, 0.15) is 30.8 Å². The number of phenols is 1. The Morgan fingerprint density at radius 3 is 2.62 bits per heavy atom. The molecule has 0 saturated carbocycles. The number of sulfonamides is 1. The number of phenolic OH excluding ortho intramolecular Hbond substituents is 1. The van der Waals surface area contributed by atoms with Crippen LogP contribution in [0.4, 0.5) is 5.69 Å². The number of carbonyl (C=O) groups is 1. The first-order valence-corrected chi connectivity index (χ1v) is 12.4. The number of carboxylic acids is 1. The maximum atomic E-state index is 12.0. The number of rotatable bonds is 11. The van der Waals surface area contributed by atoms with Crippen molar-refractivity contribution in [1.82, 2.24) is 5.32 Å².